The van der Waals surface area contributed by atoms with Crippen LogP contribution in [0.5, 0.6) is 0 Å². The summed E-state index contributed by atoms with van der Waals surface area (Å²) in [5.41, 5.74) is 6.13. The molecule has 0 radical (unpaired) electrons. The van der Waals surface area contributed by atoms with Gasteiger partial charge in [-0.25, -0.2) is 0 Å². The monoisotopic (exact) mass is 206 g/mol. The highest BCUT2D eigenvalue weighted by Crippen LogP contribution is 2.14. The highest BCUT2D eigenvalue weighted by molar-refractivity contribution is 5.47. The molecule has 0 aliphatic carbocycles. The SMILES string of the molecule is NC(CO)c1nc(-c2ccccn2)no1. The molecule has 0 aliphatic rings. The van der Waals surface area contributed by atoms with Crippen LogP contribution in [0.3, 0.4) is 0 Å². The zero-order valence-electron chi connectivity index (χ0n) is 7.87. The van der Waals surface area contributed by atoms with Crippen LogP contribution in [0.2, 0.25) is 0 Å². The Labute approximate surface area is 85.8 Å². The zero-order valence-corrected chi connectivity index (χ0v) is 7.87. The number of aliphatic hydroxyl groups is 1. The normalized spacial score (nSPS) is 12.7. The fourth-order valence-electron chi connectivity index (χ4n) is 1.06. The van der Waals surface area contributed by atoms with Crippen molar-refractivity contribution in [3.63, 3.8) is 0 Å². The Bertz CT molecular complexity index is 429. The summed E-state index contributed by atoms with van der Waals surface area (Å²) in [4.78, 5) is 8.09. The largest absolute Gasteiger partial charge is 0.394 e. The second-order valence-corrected chi connectivity index (χ2v) is 2.96. The van der Waals surface area contributed by atoms with Gasteiger partial charge in [-0.2, -0.15) is 4.98 Å². The van der Waals surface area contributed by atoms with Gasteiger partial charge in [-0.3, -0.25) is 4.98 Å². The van der Waals surface area contributed by atoms with Crippen molar-refractivity contribution in [3.8, 4) is 11.5 Å². The molecular formula is C9H10N4O2. The van der Waals surface area contributed by atoms with Crippen LogP contribution in [0, 0.1) is 0 Å². The van der Waals surface area contributed by atoms with Crippen LogP contribution in [0.15, 0.2) is 28.9 Å². The lowest BCUT2D eigenvalue weighted by atomic mass is 10.3. The van der Waals surface area contributed by atoms with Crippen LogP contribution in [0.25, 0.3) is 11.5 Å². The summed E-state index contributed by atoms with van der Waals surface area (Å²) in [6, 6.07) is 4.74. The third-order valence-electron chi connectivity index (χ3n) is 1.85. The van der Waals surface area contributed by atoms with Gasteiger partial charge in [0, 0.05) is 6.20 Å². The second kappa shape index (κ2) is 4.16. The summed E-state index contributed by atoms with van der Waals surface area (Å²) in [5.74, 6) is 0.577. The van der Waals surface area contributed by atoms with E-state index in [1.54, 1.807) is 18.3 Å². The van der Waals surface area contributed by atoms with Gasteiger partial charge in [-0.15, -0.1) is 0 Å². The molecule has 0 saturated carbocycles. The summed E-state index contributed by atoms with van der Waals surface area (Å²) in [6.07, 6.45) is 1.64. The van der Waals surface area contributed by atoms with Crippen molar-refractivity contribution in [1.82, 2.24) is 15.1 Å². The van der Waals surface area contributed by atoms with Gasteiger partial charge in [0.2, 0.25) is 11.7 Å². The van der Waals surface area contributed by atoms with Gasteiger partial charge in [-0.05, 0) is 12.1 Å². The average Bonchev–Trinajstić information content (AvgIpc) is 2.78. The molecule has 1 atom stereocenters. The van der Waals surface area contributed by atoms with Crippen LogP contribution in [0.4, 0.5) is 0 Å². The van der Waals surface area contributed by atoms with E-state index in [1.165, 1.54) is 0 Å². The van der Waals surface area contributed by atoms with Crippen LogP contribution < -0.4 is 5.73 Å². The van der Waals surface area contributed by atoms with E-state index in [9.17, 15) is 0 Å². The number of rotatable bonds is 3. The number of hydrogen-bond acceptors (Lipinski definition) is 6. The molecule has 2 aromatic rings. The van der Waals surface area contributed by atoms with E-state index in [2.05, 4.69) is 15.1 Å². The molecule has 0 saturated heterocycles. The molecule has 6 nitrogen and oxygen atoms in total. The van der Waals surface area contributed by atoms with E-state index in [0.717, 1.165) is 0 Å². The fourth-order valence-corrected chi connectivity index (χ4v) is 1.06. The van der Waals surface area contributed by atoms with Crippen molar-refractivity contribution in [2.24, 2.45) is 5.73 Å². The molecule has 2 aromatic heterocycles. The van der Waals surface area contributed by atoms with Gasteiger partial charge >= 0.3 is 0 Å². The lowest BCUT2D eigenvalue weighted by molar-refractivity contribution is 0.237. The van der Waals surface area contributed by atoms with Crippen LogP contribution in [-0.2, 0) is 0 Å². The van der Waals surface area contributed by atoms with Gasteiger partial charge in [0.05, 0.1) is 6.61 Å². The van der Waals surface area contributed by atoms with E-state index in [0.29, 0.717) is 11.5 Å². The first-order valence-corrected chi connectivity index (χ1v) is 4.42. The van der Waals surface area contributed by atoms with Crippen LogP contribution in [0.1, 0.15) is 11.9 Å². The van der Waals surface area contributed by atoms with E-state index in [-0.39, 0.29) is 12.5 Å². The number of pyridine rings is 1. The molecule has 0 bridgehead atoms. The zero-order chi connectivity index (χ0) is 10.7. The molecule has 0 fully saturated rings. The minimum atomic E-state index is -0.644. The maximum atomic E-state index is 8.80. The first kappa shape index (κ1) is 9.75. The molecule has 78 valence electrons. The minimum Gasteiger partial charge on any atom is -0.394 e. The summed E-state index contributed by atoms with van der Waals surface area (Å²) >= 11 is 0. The topological polar surface area (TPSA) is 98.1 Å². The predicted octanol–water partition coefficient (Wildman–Crippen LogP) is 0.124. The van der Waals surface area contributed by atoms with Crippen molar-refractivity contribution in [2.75, 3.05) is 6.61 Å². The predicted molar refractivity (Wildman–Crippen MR) is 51.5 cm³/mol. The number of nitrogens with two attached hydrogens (primary N) is 1. The first-order chi connectivity index (χ1) is 7.31. The Morgan fingerprint density at radius 2 is 2.33 bits per heavy atom. The maximum absolute atomic E-state index is 8.80. The standard InChI is InChI=1S/C9H10N4O2/c10-6(5-14)9-12-8(13-15-9)7-3-1-2-4-11-7/h1-4,6,14H,5,10H2. The van der Waals surface area contributed by atoms with Crippen molar-refractivity contribution >= 4 is 0 Å². The summed E-state index contributed by atoms with van der Waals surface area (Å²) in [7, 11) is 0. The third-order valence-corrected chi connectivity index (χ3v) is 1.85. The van der Waals surface area contributed by atoms with Gasteiger partial charge in [0.1, 0.15) is 11.7 Å². The van der Waals surface area contributed by atoms with E-state index in [1.807, 2.05) is 6.07 Å². The van der Waals surface area contributed by atoms with Crippen molar-refractivity contribution in [3.05, 3.63) is 30.3 Å². The van der Waals surface area contributed by atoms with Crippen LogP contribution in [-0.4, -0.2) is 26.8 Å². The molecule has 0 amide bonds. The van der Waals surface area contributed by atoms with Gasteiger partial charge < -0.3 is 15.4 Å². The molecule has 6 heteroatoms. The van der Waals surface area contributed by atoms with Gasteiger partial charge in [-0.1, -0.05) is 11.2 Å². The molecule has 2 heterocycles. The lowest BCUT2D eigenvalue weighted by Crippen LogP contribution is -2.14. The molecule has 0 aromatic carbocycles. The number of hydrogen-bond donors (Lipinski definition) is 2. The molecule has 0 spiro atoms. The van der Waals surface area contributed by atoms with Gasteiger partial charge in [0.15, 0.2) is 0 Å². The summed E-state index contributed by atoms with van der Waals surface area (Å²) in [6.45, 7) is -0.232. The quantitative estimate of drug-likeness (QED) is 0.740. The van der Waals surface area contributed by atoms with E-state index in [4.69, 9.17) is 15.4 Å². The maximum Gasteiger partial charge on any atom is 0.246 e. The molecular weight excluding hydrogens is 196 g/mol. The summed E-state index contributed by atoms with van der Waals surface area (Å²) < 4.78 is 4.89. The Kier molecular flexibility index (Phi) is 2.70. The summed E-state index contributed by atoms with van der Waals surface area (Å²) in [5, 5.41) is 12.5. The highest BCUT2D eigenvalue weighted by atomic mass is 16.5. The third kappa shape index (κ3) is 2.00. The number of aromatic nitrogens is 3. The van der Waals surface area contributed by atoms with E-state index >= 15 is 0 Å². The molecule has 2 rings (SSSR count). The fraction of sp³-hybridized carbons (Fsp3) is 0.222. The first-order valence-electron chi connectivity index (χ1n) is 4.42. The Morgan fingerprint density at radius 3 is 3.00 bits per heavy atom. The molecule has 0 aliphatic heterocycles. The van der Waals surface area contributed by atoms with Crippen LogP contribution >= 0.6 is 0 Å². The van der Waals surface area contributed by atoms with Crippen molar-refractivity contribution in [1.29, 1.82) is 0 Å². The number of nitrogens with zero attached hydrogens (tertiary/aromatic N) is 3. The highest BCUT2D eigenvalue weighted by Gasteiger charge is 2.14. The Balaban J connectivity index is 2.28. The molecule has 1 unspecified atom stereocenters. The van der Waals surface area contributed by atoms with Crippen molar-refractivity contribution < 1.29 is 9.63 Å². The average molecular weight is 206 g/mol. The number of aliphatic hydroxyl groups excluding tert-OH is 1. The van der Waals surface area contributed by atoms with E-state index < -0.39 is 6.04 Å². The second-order valence-electron chi connectivity index (χ2n) is 2.96. The Morgan fingerprint density at radius 1 is 1.47 bits per heavy atom. The van der Waals surface area contributed by atoms with Gasteiger partial charge in [0.25, 0.3) is 0 Å². The van der Waals surface area contributed by atoms with Crippen molar-refractivity contribution in [2.45, 2.75) is 6.04 Å². The minimum absolute atomic E-state index is 0.207. The molecule has 15 heavy (non-hydrogen) atoms. The molecule has 3 N–H and O–H groups in total. The lowest BCUT2D eigenvalue weighted by Gasteiger charge is -1.98. The smallest absolute Gasteiger partial charge is 0.246 e. The Hall–Kier alpha value is -1.79.